The second-order valence-electron chi connectivity index (χ2n) is 11.3. The van der Waals surface area contributed by atoms with Gasteiger partial charge < -0.3 is 15.5 Å². The number of rotatable bonds is 15. The molecular formula is C31H37F4N3O5S. The highest BCUT2D eigenvalue weighted by atomic mass is 32.2. The maximum Gasteiger partial charge on any atom is 0.416 e. The Kier molecular flexibility index (Phi) is 11.6. The molecule has 0 aliphatic carbocycles. The minimum absolute atomic E-state index is 0.0124. The summed E-state index contributed by atoms with van der Waals surface area (Å²) in [5.41, 5.74) is -0.483. The van der Waals surface area contributed by atoms with E-state index < -0.39 is 44.3 Å². The molecule has 0 amide bonds. The summed E-state index contributed by atoms with van der Waals surface area (Å²) >= 11 is 0. The number of carbonyl (C=O) groups is 1. The molecule has 3 N–H and O–H groups in total. The van der Waals surface area contributed by atoms with Crippen LogP contribution in [0.1, 0.15) is 49.8 Å². The van der Waals surface area contributed by atoms with Crippen LogP contribution in [-0.4, -0.2) is 65.7 Å². The van der Waals surface area contributed by atoms with Gasteiger partial charge in [0.1, 0.15) is 5.82 Å². The van der Waals surface area contributed by atoms with Crippen LogP contribution in [0.4, 0.5) is 17.6 Å². The van der Waals surface area contributed by atoms with Gasteiger partial charge in [0, 0.05) is 43.9 Å². The van der Waals surface area contributed by atoms with Gasteiger partial charge in [-0.3, -0.25) is 9.78 Å². The standard InChI is InChI=1S/C31H37F4N3O5S/c1-30(2,14-6-8-22-7-4-5-9-27(22)32)37-19-25(39)20-38(3)44(42,43)26-16-23(15-24(17-26)31(33,34)35)28-12-10-21(18-36-28)11-13-29(40)41/h4-5,7,9-10,12,15-18,25,37,39H,6,8,11,13-14,19-20H2,1-3H3,(H,40,41)/t25-/m1/s1. The highest BCUT2D eigenvalue weighted by Gasteiger charge is 2.34. The van der Waals surface area contributed by atoms with Gasteiger partial charge in [0.15, 0.2) is 0 Å². The lowest BCUT2D eigenvalue weighted by Crippen LogP contribution is -2.46. The van der Waals surface area contributed by atoms with Crippen molar-refractivity contribution in [2.24, 2.45) is 0 Å². The third-order valence-electron chi connectivity index (χ3n) is 7.18. The summed E-state index contributed by atoms with van der Waals surface area (Å²) in [4.78, 5) is 14.3. The van der Waals surface area contributed by atoms with E-state index in [-0.39, 0.29) is 43.0 Å². The van der Waals surface area contributed by atoms with Gasteiger partial charge in [-0.05, 0) is 81.0 Å². The van der Waals surface area contributed by atoms with Gasteiger partial charge in [-0.15, -0.1) is 0 Å². The van der Waals surface area contributed by atoms with Crippen molar-refractivity contribution >= 4 is 16.0 Å². The van der Waals surface area contributed by atoms with E-state index >= 15 is 0 Å². The fourth-order valence-electron chi connectivity index (χ4n) is 4.60. The van der Waals surface area contributed by atoms with Crippen molar-refractivity contribution in [2.75, 3.05) is 20.1 Å². The maximum absolute atomic E-state index is 13.9. The zero-order valence-corrected chi connectivity index (χ0v) is 25.6. The van der Waals surface area contributed by atoms with Crippen LogP contribution >= 0.6 is 0 Å². The van der Waals surface area contributed by atoms with E-state index in [2.05, 4.69) is 10.3 Å². The number of aliphatic carboxylic acids is 1. The van der Waals surface area contributed by atoms with E-state index in [4.69, 9.17) is 5.11 Å². The molecule has 0 fully saturated rings. The van der Waals surface area contributed by atoms with Crippen LogP contribution in [-0.2, 0) is 33.8 Å². The van der Waals surface area contributed by atoms with E-state index in [1.54, 1.807) is 18.2 Å². The molecule has 0 aliphatic heterocycles. The molecule has 0 bridgehead atoms. The first-order valence-corrected chi connectivity index (χ1v) is 15.4. The number of alkyl halides is 3. The first-order valence-electron chi connectivity index (χ1n) is 14.0. The number of carboxylic acids is 1. The lowest BCUT2D eigenvalue weighted by atomic mass is 9.95. The van der Waals surface area contributed by atoms with Gasteiger partial charge in [0.2, 0.25) is 10.0 Å². The number of hydrogen-bond acceptors (Lipinski definition) is 6. The van der Waals surface area contributed by atoms with Crippen molar-refractivity contribution in [3.8, 4) is 11.3 Å². The molecule has 44 heavy (non-hydrogen) atoms. The van der Waals surface area contributed by atoms with Crippen molar-refractivity contribution in [3.05, 3.63) is 83.3 Å². The molecule has 13 heteroatoms. The summed E-state index contributed by atoms with van der Waals surface area (Å²) in [5.74, 6) is -1.28. The summed E-state index contributed by atoms with van der Waals surface area (Å²) in [6.45, 7) is 3.43. The molecule has 240 valence electrons. The third kappa shape index (κ3) is 10.1. The predicted molar refractivity (Wildman–Crippen MR) is 158 cm³/mol. The normalized spacial score (nSPS) is 13.3. The molecule has 1 heterocycles. The van der Waals surface area contributed by atoms with Crippen molar-refractivity contribution < 1.29 is 41.0 Å². The number of sulfonamides is 1. The Hall–Kier alpha value is -3.39. The second-order valence-corrected chi connectivity index (χ2v) is 13.4. The van der Waals surface area contributed by atoms with E-state index in [0.717, 1.165) is 16.4 Å². The number of aliphatic hydroxyl groups excluding tert-OH is 1. The van der Waals surface area contributed by atoms with Crippen LogP contribution in [0, 0.1) is 5.82 Å². The largest absolute Gasteiger partial charge is 0.481 e. The lowest BCUT2D eigenvalue weighted by molar-refractivity contribution is -0.138. The molecule has 0 saturated carbocycles. The van der Waals surface area contributed by atoms with Crippen LogP contribution in [0.5, 0.6) is 0 Å². The number of hydrogen-bond donors (Lipinski definition) is 3. The average Bonchev–Trinajstić information content (AvgIpc) is 2.95. The van der Waals surface area contributed by atoms with Crippen LogP contribution in [0.3, 0.4) is 0 Å². The van der Waals surface area contributed by atoms with Gasteiger partial charge >= 0.3 is 12.1 Å². The topological polar surface area (TPSA) is 120 Å². The minimum Gasteiger partial charge on any atom is -0.481 e. The number of halogens is 4. The number of nitrogens with zero attached hydrogens (tertiary/aromatic N) is 2. The molecule has 0 unspecified atom stereocenters. The van der Waals surface area contributed by atoms with E-state index in [1.165, 1.54) is 31.4 Å². The van der Waals surface area contributed by atoms with Gasteiger partial charge in [-0.25, -0.2) is 12.8 Å². The summed E-state index contributed by atoms with van der Waals surface area (Å²) in [6, 6.07) is 11.9. The maximum atomic E-state index is 13.9. The van der Waals surface area contributed by atoms with Crippen molar-refractivity contribution in [1.29, 1.82) is 0 Å². The molecule has 0 saturated heterocycles. The van der Waals surface area contributed by atoms with E-state index in [0.29, 0.717) is 36.5 Å². The number of aromatic nitrogens is 1. The van der Waals surface area contributed by atoms with Crippen LogP contribution in [0.15, 0.2) is 65.7 Å². The Morgan fingerprint density at radius 2 is 1.77 bits per heavy atom. The Labute approximate surface area is 254 Å². The molecule has 3 aromatic rings. The molecule has 8 nitrogen and oxygen atoms in total. The molecule has 2 aromatic carbocycles. The van der Waals surface area contributed by atoms with Crippen molar-refractivity contribution in [2.45, 2.75) is 68.7 Å². The third-order valence-corrected chi connectivity index (χ3v) is 8.98. The number of benzene rings is 2. The molecule has 0 aliphatic rings. The van der Waals surface area contributed by atoms with Gasteiger partial charge in [-0.2, -0.15) is 17.5 Å². The SMILES string of the molecule is CN(C[C@H](O)CNC(C)(C)CCCc1ccccc1F)S(=O)(=O)c1cc(-c2ccc(CCC(=O)O)cn2)cc(C(F)(F)F)c1. The number of aliphatic hydroxyl groups is 1. The quantitative estimate of drug-likeness (QED) is 0.193. The van der Waals surface area contributed by atoms with E-state index in [9.17, 15) is 35.9 Å². The van der Waals surface area contributed by atoms with Gasteiger partial charge in [0.05, 0.1) is 22.3 Å². The number of pyridine rings is 1. The highest BCUT2D eigenvalue weighted by molar-refractivity contribution is 7.89. The average molecular weight is 640 g/mol. The predicted octanol–water partition coefficient (Wildman–Crippen LogP) is 5.30. The number of aryl methyl sites for hydroxylation is 2. The van der Waals surface area contributed by atoms with Gasteiger partial charge in [-0.1, -0.05) is 24.3 Å². The molecule has 1 atom stereocenters. The molecule has 1 aromatic heterocycles. The fourth-order valence-corrected chi connectivity index (χ4v) is 5.88. The summed E-state index contributed by atoms with van der Waals surface area (Å²) in [6.07, 6.45) is -2.81. The molecule has 0 radical (unpaired) electrons. The number of likely N-dealkylation sites (N-methyl/N-ethyl adjacent to an activating group) is 1. The Morgan fingerprint density at radius 3 is 2.39 bits per heavy atom. The Bertz CT molecular complexity index is 1530. The fraction of sp³-hybridized carbons (Fsp3) is 0.419. The summed E-state index contributed by atoms with van der Waals surface area (Å²) < 4.78 is 82.7. The lowest BCUT2D eigenvalue weighted by Gasteiger charge is -2.29. The van der Waals surface area contributed by atoms with Crippen LogP contribution < -0.4 is 5.32 Å². The zero-order valence-electron chi connectivity index (χ0n) is 24.7. The number of nitrogens with one attached hydrogen (secondary N) is 1. The first kappa shape index (κ1) is 35.1. The first-order chi connectivity index (χ1) is 20.5. The summed E-state index contributed by atoms with van der Waals surface area (Å²) in [7, 11) is -3.29. The second kappa shape index (κ2) is 14.6. The molecular weight excluding hydrogens is 602 g/mol. The number of β-amino-alcohol motifs (C(OH)–C–C–N with tert-alkyl or cyclic N) is 1. The van der Waals surface area contributed by atoms with Crippen molar-refractivity contribution in [3.63, 3.8) is 0 Å². The van der Waals surface area contributed by atoms with E-state index in [1.807, 2.05) is 13.8 Å². The Balaban J connectivity index is 1.69. The Morgan fingerprint density at radius 1 is 1.07 bits per heavy atom. The minimum atomic E-state index is -4.85. The molecule has 0 spiro atoms. The van der Waals surface area contributed by atoms with Gasteiger partial charge in [0.25, 0.3) is 0 Å². The monoisotopic (exact) mass is 639 g/mol. The number of carboxylic acid groups (broad SMARTS) is 1. The summed E-state index contributed by atoms with van der Waals surface area (Å²) in [5, 5.41) is 22.6. The zero-order chi connectivity index (χ0) is 32.7. The smallest absolute Gasteiger partial charge is 0.416 e. The van der Waals surface area contributed by atoms with Crippen LogP contribution in [0.2, 0.25) is 0 Å². The molecule has 3 rings (SSSR count). The van der Waals surface area contributed by atoms with Crippen LogP contribution in [0.25, 0.3) is 11.3 Å². The van der Waals surface area contributed by atoms with Crippen molar-refractivity contribution in [1.82, 2.24) is 14.6 Å². The highest BCUT2D eigenvalue weighted by Crippen LogP contribution is 2.35.